The molecule has 0 fully saturated rings. The van der Waals surface area contributed by atoms with E-state index in [4.69, 9.17) is 9.52 Å². The summed E-state index contributed by atoms with van der Waals surface area (Å²) in [4.78, 5) is 10.3. The number of carboxylic acids is 1. The van der Waals surface area contributed by atoms with Crippen LogP contribution in [0.4, 0.5) is 4.39 Å². The maximum absolute atomic E-state index is 13.0. The topological polar surface area (TPSA) is 50.4 Å². The normalized spacial score (nSPS) is 12.5. The van der Waals surface area contributed by atoms with Crippen molar-refractivity contribution in [2.45, 2.75) is 13.3 Å². The Hall–Kier alpha value is -1.58. The molecule has 1 aromatic heterocycles. The minimum Gasteiger partial charge on any atom is -0.476 e. The van der Waals surface area contributed by atoms with E-state index in [0.29, 0.717) is 0 Å². The Kier molecular flexibility index (Phi) is 2.84. The first kappa shape index (κ1) is 9.51. The molecule has 0 spiro atoms. The summed E-state index contributed by atoms with van der Waals surface area (Å²) in [5, 5.41) is 8.41. The van der Waals surface area contributed by atoms with Gasteiger partial charge < -0.3 is 9.52 Å². The molecule has 0 saturated heterocycles. The molecule has 0 aliphatic rings. The van der Waals surface area contributed by atoms with Gasteiger partial charge in [-0.05, 0) is 18.6 Å². The van der Waals surface area contributed by atoms with Gasteiger partial charge in [0.15, 0.2) is 0 Å². The molecule has 0 aromatic carbocycles. The van der Waals surface area contributed by atoms with E-state index in [2.05, 4.69) is 0 Å². The molecule has 0 aliphatic carbocycles. The minimum atomic E-state index is -1.56. The summed E-state index contributed by atoms with van der Waals surface area (Å²) in [5.41, 5.74) is 0.0810. The molecule has 1 heterocycles. The van der Waals surface area contributed by atoms with Crippen LogP contribution in [0.1, 0.15) is 19.1 Å². The van der Waals surface area contributed by atoms with Crippen molar-refractivity contribution in [2.75, 3.05) is 0 Å². The molecule has 0 radical (unpaired) electrons. The van der Waals surface area contributed by atoms with E-state index in [1.54, 1.807) is 13.0 Å². The van der Waals surface area contributed by atoms with E-state index in [0.717, 1.165) is 0 Å². The predicted molar refractivity (Wildman–Crippen MR) is 44.7 cm³/mol. The first-order chi connectivity index (χ1) is 6.16. The van der Waals surface area contributed by atoms with E-state index < -0.39 is 11.8 Å². The summed E-state index contributed by atoms with van der Waals surface area (Å²) in [6, 6.07) is 3.11. The highest BCUT2D eigenvalue weighted by Gasteiger charge is 2.15. The molecule has 4 heteroatoms. The second kappa shape index (κ2) is 3.89. The molecule has 13 heavy (non-hydrogen) atoms. The van der Waals surface area contributed by atoms with Crippen molar-refractivity contribution < 1.29 is 18.7 Å². The van der Waals surface area contributed by atoms with Crippen molar-refractivity contribution in [3.8, 4) is 0 Å². The third kappa shape index (κ3) is 1.96. The molecule has 0 saturated carbocycles. The first-order valence-electron chi connectivity index (χ1n) is 3.82. The van der Waals surface area contributed by atoms with Crippen LogP contribution in [0, 0.1) is 0 Å². The molecular weight excluding hydrogens is 175 g/mol. The van der Waals surface area contributed by atoms with Crippen molar-refractivity contribution in [2.24, 2.45) is 0 Å². The lowest BCUT2D eigenvalue weighted by Crippen LogP contribution is -1.98. The number of furan rings is 1. The highest BCUT2D eigenvalue weighted by Crippen LogP contribution is 2.23. The smallest absolute Gasteiger partial charge is 0.365 e. The van der Waals surface area contributed by atoms with Crippen LogP contribution < -0.4 is 0 Å². The van der Waals surface area contributed by atoms with Crippen LogP contribution in [0.25, 0.3) is 5.57 Å². The summed E-state index contributed by atoms with van der Waals surface area (Å²) in [6.45, 7) is 1.67. The fourth-order valence-electron chi connectivity index (χ4n) is 1.02. The van der Waals surface area contributed by atoms with E-state index in [-0.39, 0.29) is 17.8 Å². The van der Waals surface area contributed by atoms with Crippen molar-refractivity contribution in [3.63, 3.8) is 0 Å². The lowest BCUT2D eigenvalue weighted by molar-refractivity contribution is -0.134. The highest BCUT2D eigenvalue weighted by atomic mass is 19.1. The van der Waals surface area contributed by atoms with Gasteiger partial charge in [0.1, 0.15) is 5.76 Å². The highest BCUT2D eigenvalue weighted by molar-refractivity contribution is 5.93. The number of halogens is 1. The Morgan fingerprint density at radius 3 is 2.77 bits per heavy atom. The van der Waals surface area contributed by atoms with Gasteiger partial charge in [0.2, 0.25) is 5.83 Å². The number of carbonyl (C=O) groups is 1. The van der Waals surface area contributed by atoms with E-state index in [1.165, 1.54) is 12.3 Å². The standard InChI is InChI=1S/C9H9FO3/c1-2-6(8(10)9(11)12)7-4-3-5-13-7/h3-5H,2H2,1H3,(H,11,12)/b8-6-. The van der Waals surface area contributed by atoms with Gasteiger partial charge in [-0.25, -0.2) is 4.79 Å². The lowest BCUT2D eigenvalue weighted by Gasteiger charge is -1.99. The monoisotopic (exact) mass is 184 g/mol. The van der Waals surface area contributed by atoms with Gasteiger partial charge in [-0.15, -0.1) is 0 Å². The quantitative estimate of drug-likeness (QED) is 0.734. The van der Waals surface area contributed by atoms with Gasteiger partial charge in [0.25, 0.3) is 0 Å². The molecule has 3 nitrogen and oxygen atoms in total. The van der Waals surface area contributed by atoms with Gasteiger partial charge in [0.05, 0.1) is 6.26 Å². The van der Waals surface area contributed by atoms with E-state index in [9.17, 15) is 9.18 Å². The maximum atomic E-state index is 13.0. The molecule has 1 N–H and O–H groups in total. The second-order valence-corrected chi connectivity index (χ2v) is 2.43. The Bertz CT molecular complexity index is 325. The minimum absolute atomic E-state index is 0.0810. The van der Waals surface area contributed by atoms with Crippen LogP contribution in [0.3, 0.4) is 0 Å². The van der Waals surface area contributed by atoms with Gasteiger partial charge in [-0.2, -0.15) is 4.39 Å². The van der Waals surface area contributed by atoms with E-state index in [1.807, 2.05) is 0 Å². The van der Waals surface area contributed by atoms with Gasteiger partial charge >= 0.3 is 5.97 Å². The van der Waals surface area contributed by atoms with Crippen molar-refractivity contribution in [1.82, 2.24) is 0 Å². The summed E-state index contributed by atoms with van der Waals surface area (Å²) >= 11 is 0. The SMILES string of the molecule is CC/C(=C(/F)C(=O)O)c1ccco1. The Morgan fingerprint density at radius 1 is 1.69 bits per heavy atom. The Labute approximate surface area is 74.5 Å². The number of hydrogen-bond acceptors (Lipinski definition) is 2. The summed E-state index contributed by atoms with van der Waals surface area (Å²) in [6.07, 6.45) is 1.66. The van der Waals surface area contributed by atoms with Crippen LogP contribution in [0.15, 0.2) is 28.6 Å². The van der Waals surface area contributed by atoms with Crippen LogP contribution in [0.2, 0.25) is 0 Å². The fraction of sp³-hybridized carbons (Fsp3) is 0.222. The number of hydrogen-bond donors (Lipinski definition) is 1. The number of aliphatic carboxylic acids is 1. The molecule has 1 rings (SSSR count). The van der Waals surface area contributed by atoms with Gasteiger partial charge in [-0.1, -0.05) is 6.92 Å². The van der Waals surface area contributed by atoms with Crippen molar-refractivity contribution >= 4 is 11.5 Å². The molecule has 1 aromatic rings. The molecule has 0 unspecified atom stereocenters. The molecule has 0 amide bonds. The zero-order valence-corrected chi connectivity index (χ0v) is 7.08. The summed E-state index contributed by atoms with van der Waals surface area (Å²) in [7, 11) is 0. The average Bonchev–Trinajstić information content (AvgIpc) is 2.58. The predicted octanol–water partition coefficient (Wildman–Crippen LogP) is 2.45. The van der Waals surface area contributed by atoms with Gasteiger partial charge in [-0.3, -0.25) is 0 Å². The Balaban J connectivity index is 3.11. The Morgan fingerprint density at radius 2 is 2.38 bits per heavy atom. The summed E-state index contributed by atoms with van der Waals surface area (Å²) < 4.78 is 17.9. The van der Waals surface area contributed by atoms with Crippen LogP contribution in [-0.4, -0.2) is 11.1 Å². The van der Waals surface area contributed by atoms with Crippen LogP contribution in [-0.2, 0) is 4.79 Å². The van der Waals surface area contributed by atoms with Crippen molar-refractivity contribution in [1.29, 1.82) is 0 Å². The van der Waals surface area contributed by atoms with Crippen molar-refractivity contribution in [3.05, 3.63) is 30.0 Å². The zero-order valence-electron chi connectivity index (χ0n) is 7.08. The number of rotatable bonds is 3. The largest absolute Gasteiger partial charge is 0.476 e. The second-order valence-electron chi connectivity index (χ2n) is 2.43. The number of carboxylic acid groups (broad SMARTS) is 1. The van der Waals surface area contributed by atoms with Crippen LogP contribution in [0.5, 0.6) is 0 Å². The molecule has 0 aliphatic heterocycles. The summed E-state index contributed by atoms with van der Waals surface area (Å²) in [5.74, 6) is -2.45. The average molecular weight is 184 g/mol. The molecule has 0 atom stereocenters. The third-order valence-corrected chi connectivity index (χ3v) is 1.62. The fourth-order valence-corrected chi connectivity index (χ4v) is 1.02. The molecule has 0 bridgehead atoms. The third-order valence-electron chi connectivity index (χ3n) is 1.62. The van der Waals surface area contributed by atoms with E-state index >= 15 is 0 Å². The lowest BCUT2D eigenvalue weighted by atomic mass is 10.1. The number of allylic oxidation sites excluding steroid dienone is 1. The molecular formula is C9H9FO3. The first-order valence-corrected chi connectivity index (χ1v) is 3.82. The zero-order chi connectivity index (χ0) is 9.84. The molecule has 70 valence electrons. The van der Waals surface area contributed by atoms with Crippen LogP contribution >= 0.6 is 0 Å². The van der Waals surface area contributed by atoms with Gasteiger partial charge in [0, 0.05) is 5.57 Å². The maximum Gasteiger partial charge on any atom is 0.365 e.